The summed E-state index contributed by atoms with van der Waals surface area (Å²) in [6, 6.07) is 10.1. The van der Waals surface area contributed by atoms with Crippen molar-refractivity contribution in [3.05, 3.63) is 42.2 Å². The van der Waals surface area contributed by atoms with E-state index in [2.05, 4.69) is 10.2 Å². The molecule has 2 aliphatic carbocycles. The minimum Gasteiger partial charge on any atom is -0.339 e. The molecule has 4 rings (SSSR count). The molecule has 0 radical (unpaired) electrons. The number of hydrogen-bond acceptors (Lipinski definition) is 4. The van der Waals surface area contributed by atoms with E-state index >= 15 is 0 Å². The molecule has 1 aromatic carbocycles. The molecule has 2 unspecified atom stereocenters. The molecule has 2 N–H and O–H groups in total. The maximum absolute atomic E-state index is 12.9. The molecule has 2 fully saturated rings. The highest BCUT2D eigenvalue weighted by atomic mass is 16.2. The minimum absolute atomic E-state index is 0.110. The van der Waals surface area contributed by atoms with Gasteiger partial charge in [-0.2, -0.15) is 15.0 Å². The number of carbonyl (C=O) groups is 1. The second-order valence-corrected chi connectivity index (χ2v) is 7.85. The maximum Gasteiger partial charge on any atom is 0.225 e. The number of aromatic nitrogens is 3. The van der Waals surface area contributed by atoms with Gasteiger partial charge in [0.15, 0.2) is 0 Å². The van der Waals surface area contributed by atoms with E-state index in [4.69, 9.17) is 5.73 Å². The predicted molar refractivity (Wildman–Crippen MR) is 99.4 cm³/mol. The van der Waals surface area contributed by atoms with Crippen molar-refractivity contribution in [2.75, 3.05) is 7.05 Å². The van der Waals surface area contributed by atoms with Crippen LogP contribution in [-0.4, -0.2) is 38.9 Å². The Kier molecular flexibility index (Phi) is 4.76. The van der Waals surface area contributed by atoms with Crippen molar-refractivity contribution in [3.8, 4) is 5.69 Å². The summed E-state index contributed by atoms with van der Waals surface area (Å²) in [5, 5.41) is 8.83. The van der Waals surface area contributed by atoms with Crippen LogP contribution >= 0.6 is 0 Å². The molecule has 1 amide bonds. The van der Waals surface area contributed by atoms with Gasteiger partial charge >= 0.3 is 0 Å². The SMILES string of the molecule is CN(Cc1cnn(-c2ccccc2)n1)C(=O)C1CC2CCCC(C1)C2N. The number of nitrogens with zero attached hydrogens (tertiary/aromatic N) is 4. The second kappa shape index (κ2) is 7.19. The van der Waals surface area contributed by atoms with Crippen molar-refractivity contribution in [3.63, 3.8) is 0 Å². The number of carbonyl (C=O) groups excluding carboxylic acids is 1. The molecular formula is C20H27N5O. The van der Waals surface area contributed by atoms with Gasteiger partial charge in [-0.3, -0.25) is 4.79 Å². The monoisotopic (exact) mass is 353 g/mol. The fourth-order valence-corrected chi connectivity index (χ4v) is 4.68. The lowest BCUT2D eigenvalue weighted by Gasteiger charge is -2.44. The van der Waals surface area contributed by atoms with Crippen LogP contribution in [0.4, 0.5) is 0 Å². The van der Waals surface area contributed by atoms with E-state index in [-0.39, 0.29) is 11.8 Å². The lowest BCUT2D eigenvalue weighted by atomic mass is 9.65. The van der Waals surface area contributed by atoms with Crippen LogP contribution in [0.25, 0.3) is 5.69 Å². The van der Waals surface area contributed by atoms with Gasteiger partial charge in [0.05, 0.1) is 18.4 Å². The molecule has 2 aliphatic rings. The van der Waals surface area contributed by atoms with E-state index in [1.807, 2.05) is 37.4 Å². The highest BCUT2D eigenvalue weighted by Gasteiger charge is 2.41. The average molecular weight is 353 g/mol. The Balaban J connectivity index is 1.40. The average Bonchev–Trinajstić information content (AvgIpc) is 3.10. The van der Waals surface area contributed by atoms with Gasteiger partial charge < -0.3 is 10.6 Å². The number of fused-ring (bicyclic) bond motifs is 2. The number of nitrogens with two attached hydrogens (primary N) is 1. The van der Waals surface area contributed by atoms with E-state index in [9.17, 15) is 4.79 Å². The van der Waals surface area contributed by atoms with Gasteiger partial charge in [0, 0.05) is 19.0 Å². The number of hydrogen-bond donors (Lipinski definition) is 1. The molecule has 6 nitrogen and oxygen atoms in total. The molecule has 2 bridgehead atoms. The summed E-state index contributed by atoms with van der Waals surface area (Å²) in [6.45, 7) is 0.490. The van der Waals surface area contributed by atoms with Crippen LogP contribution in [0, 0.1) is 17.8 Å². The fraction of sp³-hybridized carbons (Fsp3) is 0.550. The Bertz CT molecular complexity index is 745. The Labute approximate surface area is 154 Å². The van der Waals surface area contributed by atoms with Gasteiger partial charge in [-0.25, -0.2) is 0 Å². The van der Waals surface area contributed by atoms with E-state index in [0.29, 0.717) is 24.4 Å². The quantitative estimate of drug-likeness (QED) is 0.915. The van der Waals surface area contributed by atoms with Gasteiger partial charge in [-0.15, -0.1) is 0 Å². The fourth-order valence-electron chi connectivity index (χ4n) is 4.68. The first-order valence-corrected chi connectivity index (χ1v) is 9.59. The van der Waals surface area contributed by atoms with Gasteiger partial charge in [-0.1, -0.05) is 24.6 Å². The lowest BCUT2D eigenvalue weighted by molar-refractivity contribution is -0.137. The largest absolute Gasteiger partial charge is 0.339 e. The third-order valence-electron chi connectivity index (χ3n) is 6.06. The van der Waals surface area contributed by atoms with E-state index in [1.54, 1.807) is 15.9 Å². The second-order valence-electron chi connectivity index (χ2n) is 7.85. The molecule has 138 valence electrons. The molecule has 0 aliphatic heterocycles. The Hall–Kier alpha value is -2.21. The van der Waals surface area contributed by atoms with E-state index in [0.717, 1.165) is 24.2 Å². The summed E-state index contributed by atoms with van der Waals surface area (Å²) in [5.74, 6) is 1.37. The maximum atomic E-state index is 12.9. The standard InChI is InChI=1S/C20H27N5O/c1-24(13-17-12-22-25(23-17)18-8-3-2-4-9-18)20(26)16-10-14-6-5-7-15(11-16)19(14)21/h2-4,8-9,12,14-16,19H,5-7,10-11,13,21H2,1H3. The van der Waals surface area contributed by atoms with Gasteiger partial charge in [0.2, 0.25) is 5.91 Å². The Morgan fingerprint density at radius 3 is 2.62 bits per heavy atom. The molecule has 1 heterocycles. The molecule has 2 atom stereocenters. The summed E-state index contributed by atoms with van der Waals surface area (Å²) in [7, 11) is 1.87. The third-order valence-corrected chi connectivity index (χ3v) is 6.06. The normalized spacial score (nSPS) is 27.9. The smallest absolute Gasteiger partial charge is 0.225 e. The molecular weight excluding hydrogens is 326 g/mol. The predicted octanol–water partition coefficient (Wildman–Crippen LogP) is 2.38. The number of benzene rings is 1. The summed E-state index contributed by atoms with van der Waals surface area (Å²) in [5.41, 5.74) is 8.08. The highest BCUT2D eigenvalue weighted by Crippen LogP contribution is 2.42. The van der Waals surface area contributed by atoms with Crippen LogP contribution in [-0.2, 0) is 11.3 Å². The van der Waals surface area contributed by atoms with Crippen molar-refractivity contribution in [2.24, 2.45) is 23.5 Å². The molecule has 26 heavy (non-hydrogen) atoms. The number of amides is 1. The third kappa shape index (κ3) is 3.38. The molecule has 1 aromatic heterocycles. The van der Waals surface area contributed by atoms with Crippen molar-refractivity contribution >= 4 is 5.91 Å². The summed E-state index contributed by atoms with van der Waals surface area (Å²) in [4.78, 5) is 16.4. The van der Waals surface area contributed by atoms with E-state index < -0.39 is 0 Å². The van der Waals surface area contributed by atoms with Crippen molar-refractivity contribution < 1.29 is 4.79 Å². The summed E-state index contributed by atoms with van der Waals surface area (Å²) >= 11 is 0. The van der Waals surface area contributed by atoms with Crippen LogP contribution in [0.5, 0.6) is 0 Å². The van der Waals surface area contributed by atoms with Gasteiger partial charge in [-0.05, 0) is 49.7 Å². The minimum atomic E-state index is 0.110. The highest BCUT2D eigenvalue weighted by molar-refractivity contribution is 5.78. The summed E-state index contributed by atoms with van der Waals surface area (Å²) < 4.78 is 0. The van der Waals surface area contributed by atoms with Crippen LogP contribution in [0.1, 0.15) is 37.8 Å². The topological polar surface area (TPSA) is 77.0 Å². The molecule has 6 heteroatoms. The molecule has 0 spiro atoms. The van der Waals surface area contributed by atoms with Gasteiger partial charge in [0.1, 0.15) is 5.69 Å². The number of para-hydroxylation sites is 1. The van der Waals surface area contributed by atoms with Crippen molar-refractivity contribution in [1.29, 1.82) is 0 Å². The molecule has 0 saturated heterocycles. The zero-order chi connectivity index (χ0) is 18.1. The first-order chi connectivity index (χ1) is 12.6. The Morgan fingerprint density at radius 2 is 1.92 bits per heavy atom. The van der Waals surface area contributed by atoms with Crippen LogP contribution in [0.2, 0.25) is 0 Å². The van der Waals surface area contributed by atoms with Crippen LogP contribution < -0.4 is 5.73 Å². The summed E-state index contributed by atoms with van der Waals surface area (Å²) in [6.07, 6.45) is 7.24. The zero-order valence-electron chi connectivity index (χ0n) is 15.3. The lowest BCUT2D eigenvalue weighted by Crippen LogP contribution is -2.49. The van der Waals surface area contributed by atoms with Gasteiger partial charge in [0.25, 0.3) is 0 Å². The van der Waals surface area contributed by atoms with Crippen molar-refractivity contribution in [2.45, 2.75) is 44.7 Å². The number of rotatable bonds is 4. The first-order valence-electron chi connectivity index (χ1n) is 9.59. The van der Waals surface area contributed by atoms with E-state index in [1.165, 1.54) is 19.3 Å². The van der Waals surface area contributed by atoms with Crippen LogP contribution in [0.3, 0.4) is 0 Å². The zero-order valence-corrected chi connectivity index (χ0v) is 15.3. The first kappa shape index (κ1) is 17.2. The van der Waals surface area contributed by atoms with Crippen LogP contribution in [0.15, 0.2) is 36.5 Å². The van der Waals surface area contributed by atoms with Crippen molar-refractivity contribution in [1.82, 2.24) is 19.9 Å². The molecule has 2 aromatic rings. The molecule has 2 saturated carbocycles. The Morgan fingerprint density at radius 1 is 1.23 bits per heavy atom.